The van der Waals surface area contributed by atoms with E-state index in [1.807, 2.05) is 0 Å². The highest BCUT2D eigenvalue weighted by atomic mass is 35.5. The number of benzene rings is 2. The predicted molar refractivity (Wildman–Crippen MR) is 120 cm³/mol. The van der Waals surface area contributed by atoms with Crippen molar-refractivity contribution in [3.8, 4) is 11.8 Å². The highest BCUT2D eigenvalue weighted by Gasteiger charge is 2.61. The normalized spacial score (nSPS) is 22.3. The van der Waals surface area contributed by atoms with Gasteiger partial charge >= 0.3 is 5.97 Å². The number of carbonyl (C=O) groups excluding carboxylic acids is 2. The quantitative estimate of drug-likeness (QED) is 0.425. The first-order valence-corrected chi connectivity index (χ1v) is 12.1. The second-order valence-corrected chi connectivity index (χ2v) is 10.6. The van der Waals surface area contributed by atoms with Crippen LogP contribution < -0.4 is 10.5 Å². The van der Waals surface area contributed by atoms with Crippen molar-refractivity contribution in [2.75, 3.05) is 13.2 Å². The lowest BCUT2D eigenvalue weighted by atomic mass is 9.77. The first-order chi connectivity index (χ1) is 15.6. The number of hydrogen-bond donors (Lipinski definition) is 1. The van der Waals surface area contributed by atoms with E-state index in [-0.39, 0.29) is 22.9 Å². The fourth-order valence-corrected chi connectivity index (χ4v) is 6.56. The molecule has 0 aromatic heterocycles. The molecule has 1 fully saturated rings. The van der Waals surface area contributed by atoms with Crippen molar-refractivity contribution in [1.82, 2.24) is 0 Å². The van der Waals surface area contributed by atoms with Crippen LogP contribution >= 0.6 is 23.2 Å². The van der Waals surface area contributed by atoms with E-state index in [1.54, 1.807) is 36.4 Å². The lowest BCUT2D eigenvalue weighted by molar-refractivity contribution is -0.162. The number of primary amides is 1. The number of halogens is 2. The molecular formula is C22H20Cl2N2O6S. The maximum atomic E-state index is 13.4. The van der Waals surface area contributed by atoms with E-state index in [2.05, 4.69) is 0 Å². The summed E-state index contributed by atoms with van der Waals surface area (Å²) in [6.07, 6.45) is -0.527. The van der Waals surface area contributed by atoms with Gasteiger partial charge in [-0.1, -0.05) is 35.3 Å². The maximum Gasteiger partial charge on any atom is 0.323 e. The summed E-state index contributed by atoms with van der Waals surface area (Å²) in [6, 6.07) is 13.9. The lowest BCUT2D eigenvalue weighted by Gasteiger charge is -2.29. The van der Waals surface area contributed by atoms with Gasteiger partial charge < -0.3 is 15.2 Å². The van der Waals surface area contributed by atoms with Crippen molar-refractivity contribution in [3.63, 3.8) is 0 Å². The Labute approximate surface area is 201 Å². The van der Waals surface area contributed by atoms with Crippen LogP contribution in [-0.2, 0) is 24.2 Å². The molecule has 0 unspecified atom stereocenters. The average molecular weight is 511 g/mol. The summed E-state index contributed by atoms with van der Waals surface area (Å²) < 4.78 is 37.4. The third kappa shape index (κ3) is 4.93. The third-order valence-corrected chi connectivity index (χ3v) is 8.61. The molecule has 1 saturated carbocycles. The van der Waals surface area contributed by atoms with Crippen molar-refractivity contribution in [2.45, 2.75) is 23.0 Å². The Morgan fingerprint density at radius 1 is 1.15 bits per heavy atom. The molecule has 8 nitrogen and oxygen atoms in total. The topological polar surface area (TPSA) is 137 Å². The van der Waals surface area contributed by atoms with Crippen LogP contribution in [-0.4, -0.2) is 38.8 Å². The Morgan fingerprint density at radius 3 is 2.42 bits per heavy atom. The molecule has 33 heavy (non-hydrogen) atoms. The molecule has 2 aromatic carbocycles. The van der Waals surface area contributed by atoms with Gasteiger partial charge in [0.1, 0.15) is 11.8 Å². The van der Waals surface area contributed by atoms with Crippen molar-refractivity contribution in [2.24, 2.45) is 17.1 Å². The molecule has 1 aliphatic carbocycles. The summed E-state index contributed by atoms with van der Waals surface area (Å²) in [5, 5.41) is 8.15. The van der Waals surface area contributed by atoms with Crippen molar-refractivity contribution in [1.29, 1.82) is 5.26 Å². The van der Waals surface area contributed by atoms with Gasteiger partial charge in [0, 0.05) is 10.9 Å². The van der Waals surface area contributed by atoms with E-state index < -0.39 is 51.3 Å². The first kappa shape index (κ1) is 24.8. The zero-order valence-corrected chi connectivity index (χ0v) is 19.6. The standard InChI is InChI=1S/C22H20Cl2N2O6S/c23-15-5-7-16(8-6-15)32-13-14-11-17(33(29,30)19-4-2-1-3-18(19)24)12-22(14,20(26)27)21(28)31-10-9-25/h1-8,14,17H,10-13H2,(H2,26,27)/t14-,17+,22+/m0/s1. The van der Waals surface area contributed by atoms with Crippen LogP contribution in [0, 0.1) is 22.7 Å². The fourth-order valence-electron chi connectivity index (χ4n) is 4.04. The second kappa shape index (κ2) is 10.00. The van der Waals surface area contributed by atoms with Gasteiger partial charge in [-0.2, -0.15) is 5.26 Å². The predicted octanol–water partition coefficient (Wildman–Crippen LogP) is 3.16. The number of ether oxygens (including phenoxy) is 2. The van der Waals surface area contributed by atoms with Crippen molar-refractivity contribution < 1.29 is 27.5 Å². The highest BCUT2D eigenvalue weighted by Crippen LogP contribution is 2.49. The molecule has 3 rings (SSSR count). The van der Waals surface area contributed by atoms with Gasteiger partial charge in [0.05, 0.1) is 21.8 Å². The maximum absolute atomic E-state index is 13.4. The van der Waals surface area contributed by atoms with Gasteiger partial charge in [0.2, 0.25) is 5.91 Å². The van der Waals surface area contributed by atoms with Crippen LogP contribution in [0.2, 0.25) is 10.0 Å². The minimum Gasteiger partial charge on any atom is -0.493 e. The molecule has 2 aromatic rings. The van der Waals surface area contributed by atoms with E-state index in [1.165, 1.54) is 18.2 Å². The molecule has 1 aliphatic rings. The summed E-state index contributed by atoms with van der Waals surface area (Å²) in [7, 11) is -4.03. The number of nitrogens with zero attached hydrogens (tertiary/aromatic N) is 1. The SMILES string of the molecule is N#CCOC(=O)[C@]1(C(N)=O)C[C@H](S(=O)(=O)c2ccccc2Cl)C[C@H]1COc1ccc(Cl)cc1. The summed E-state index contributed by atoms with van der Waals surface area (Å²) >= 11 is 12.0. The van der Waals surface area contributed by atoms with Gasteiger partial charge in [-0.15, -0.1) is 0 Å². The van der Waals surface area contributed by atoms with Crippen molar-refractivity contribution in [3.05, 3.63) is 58.6 Å². The molecule has 0 bridgehead atoms. The molecule has 1 amide bonds. The zero-order chi connectivity index (χ0) is 24.2. The second-order valence-electron chi connectivity index (χ2n) is 7.57. The van der Waals surface area contributed by atoms with Gasteiger partial charge in [0.15, 0.2) is 21.9 Å². The number of nitriles is 1. The van der Waals surface area contributed by atoms with E-state index >= 15 is 0 Å². The monoisotopic (exact) mass is 510 g/mol. The average Bonchev–Trinajstić information content (AvgIpc) is 3.19. The Kier molecular flexibility index (Phi) is 7.52. The summed E-state index contributed by atoms with van der Waals surface area (Å²) in [5.41, 5.74) is 3.64. The van der Waals surface area contributed by atoms with Crippen LogP contribution in [0.3, 0.4) is 0 Å². The minimum absolute atomic E-state index is 0.0232. The lowest BCUT2D eigenvalue weighted by Crippen LogP contribution is -2.49. The number of amides is 1. The number of nitrogens with two attached hydrogens (primary N) is 1. The van der Waals surface area contributed by atoms with Crippen LogP contribution in [0.25, 0.3) is 0 Å². The van der Waals surface area contributed by atoms with E-state index in [0.29, 0.717) is 10.8 Å². The number of carbonyl (C=O) groups is 2. The number of hydrogen-bond acceptors (Lipinski definition) is 7. The van der Waals surface area contributed by atoms with Crippen LogP contribution in [0.5, 0.6) is 5.75 Å². The molecule has 2 N–H and O–H groups in total. The van der Waals surface area contributed by atoms with E-state index in [9.17, 15) is 18.0 Å². The van der Waals surface area contributed by atoms with E-state index in [0.717, 1.165) is 0 Å². The Bertz CT molecular complexity index is 1200. The Hall–Kier alpha value is -2.80. The van der Waals surface area contributed by atoms with Gasteiger partial charge in [-0.3, -0.25) is 9.59 Å². The summed E-state index contributed by atoms with van der Waals surface area (Å²) in [6.45, 7) is -0.804. The fraction of sp³-hybridized carbons (Fsp3) is 0.318. The number of sulfone groups is 1. The van der Waals surface area contributed by atoms with Crippen LogP contribution in [0.4, 0.5) is 0 Å². The number of esters is 1. The molecule has 174 valence electrons. The highest BCUT2D eigenvalue weighted by molar-refractivity contribution is 7.92. The molecule has 0 radical (unpaired) electrons. The molecule has 3 atom stereocenters. The molecule has 0 spiro atoms. The van der Waals surface area contributed by atoms with Gasteiger partial charge in [0.25, 0.3) is 0 Å². The van der Waals surface area contributed by atoms with Gasteiger partial charge in [-0.25, -0.2) is 8.42 Å². The van der Waals surface area contributed by atoms with E-state index in [4.69, 9.17) is 43.7 Å². The molecular weight excluding hydrogens is 491 g/mol. The van der Waals surface area contributed by atoms with Crippen molar-refractivity contribution >= 4 is 44.9 Å². The van der Waals surface area contributed by atoms with Crippen LogP contribution in [0.15, 0.2) is 53.4 Å². The minimum atomic E-state index is -4.03. The largest absolute Gasteiger partial charge is 0.493 e. The molecule has 0 saturated heterocycles. The smallest absolute Gasteiger partial charge is 0.323 e. The summed E-state index contributed by atoms with van der Waals surface area (Å²) in [5.74, 6) is -2.63. The zero-order valence-electron chi connectivity index (χ0n) is 17.2. The summed E-state index contributed by atoms with van der Waals surface area (Å²) in [4.78, 5) is 25.4. The first-order valence-electron chi connectivity index (χ1n) is 9.83. The third-order valence-electron chi connectivity index (χ3n) is 5.71. The molecule has 11 heteroatoms. The number of rotatable bonds is 8. The molecule has 0 heterocycles. The van der Waals surface area contributed by atoms with Crippen LogP contribution in [0.1, 0.15) is 12.8 Å². The van der Waals surface area contributed by atoms with Gasteiger partial charge in [-0.05, 0) is 49.2 Å². The Balaban J connectivity index is 1.98. The molecule has 0 aliphatic heterocycles. The Morgan fingerprint density at radius 2 is 1.82 bits per heavy atom.